The fourth-order valence-corrected chi connectivity index (χ4v) is 28.6. The van der Waals surface area contributed by atoms with E-state index in [1.54, 1.807) is 53.4 Å². The van der Waals surface area contributed by atoms with Gasteiger partial charge in [0.05, 0.1) is 16.3 Å². The number of halogens is 4. The molecule has 0 amide bonds. The topological polar surface area (TPSA) is 0 Å². The molecule has 340 valence electrons. The predicted molar refractivity (Wildman–Crippen MR) is 318 cm³/mol. The zero-order valence-electron chi connectivity index (χ0n) is 37.7. The zero-order chi connectivity index (χ0) is 43.6. The molecule has 0 saturated carbocycles. The molecule has 0 saturated heterocycles. The summed E-state index contributed by atoms with van der Waals surface area (Å²) in [7, 11) is 0. The third-order valence-corrected chi connectivity index (χ3v) is 32.9. The summed E-state index contributed by atoms with van der Waals surface area (Å²) in [6.07, 6.45) is 32.0. The van der Waals surface area contributed by atoms with E-state index in [4.69, 9.17) is 0 Å². The number of unbranched alkanes of at least 4 members (excludes halogenated alkanes) is 8. The summed E-state index contributed by atoms with van der Waals surface area (Å²) in [6, 6.07) is 0. The molecule has 0 unspecified atom stereocenters. The van der Waals surface area contributed by atoms with Crippen molar-refractivity contribution in [3.63, 3.8) is 0 Å². The summed E-state index contributed by atoms with van der Waals surface area (Å²) in [4.78, 5) is 12.9. The van der Waals surface area contributed by atoms with E-state index in [0.717, 1.165) is 0 Å². The molecule has 0 fully saturated rings. The highest BCUT2D eigenvalue weighted by Gasteiger charge is 2.48. The first-order valence-electron chi connectivity index (χ1n) is 23.5. The molecule has 0 N–H and O–H groups in total. The van der Waals surface area contributed by atoms with Gasteiger partial charge in [0.25, 0.3) is 0 Å². The second kappa shape index (κ2) is 26.4. The van der Waals surface area contributed by atoms with Crippen LogP contribution in [0.1, 0.15) is 209 Å². The van der Waals surface area contributed by atoms with E-state index in [9.17, 15) is 0 Å². The van der Waals surface area contributed by atoms with Crippen LogP contribution in [0.2, 0.25) is 0 Å². The van der Waals surface area contributed by atoms with E-state index in [2.05, 4.69) is 240 Å². The van der Waals surface area contributed by atoms with Crippen molar-refractivity contribution in [3.05, 3.63) is 14.3 Å². The van der Waals surface area contributed by atoms with E-state index in [-0.39, 0.29) is 0 Å². The first-order chi connectivity index (χ1) is 28.9. The van der Waals surface area contributed by atoms with Gasteiger partial charge in [0.15, 0.2) is 0 Å². The molecule has 4 aliphatic rings. The van der Waals surface area contributed by atoms with Crippen molar-refractivity contribution >= 4 is 184 Å². The van der Waals surface area contributed by atoms with Crippen LogP contribution >= 0.6 is 184 Å². The van der Waals surface area contributed by atoms with Gasteiger partial charge >= 0.3 is 0 Å². The van der Waals surface area contributed by atoms with Gasteiger partial charge in [-0.05, 0) is 142 Å². The molecule has 0 spiro atoms. The summed E-state index contributed by atoms with van der Waals surface area (Å²) >= 11 is 28.7. The third kappa shape index (κ3) is 13.3. The average Bonchev–Trinajstić information content (AvgIpc) is 4.05. The van der Waals surface area contributed by atoms with Gasteiger partial charge in [0.1, 0.15) is 0 Å². The fourth-order valence-electron chi connectivity index (χ4n) is 8.40. The van der Waals surface area contributed by atoms with Crippen molar-refractivity contribution in [3.8, 4) is 0 Å². The Kier molecular flexibility index (Phi) is 24.2. The van der Waals surface area contributed by atoms with Crippen molar-refractivity contribution in [2.45, 2.75) is 265 Å². The quantitative estimate of drug-likeness (QED) is 0.0942. The van der Waals surface area contributed by atoms with Crippen molar-refractivity contribution in [1.82, 2.24) is 0 Å². The number of thioether (sulfide) groups is 8. The number of fused-ring (bicyclic) bond motifs is 4. The second-order valence-corrected chi connectivity index (χ2v) is 33.7. The van der Waals surface area contributed by atoms with Gasteiger partial charge in [0, 0.05) is 53.4 Å². The molecule has 2 aromatic rings. The molecule has 0 radical (unpaired) electrons. The molecule has 2 aromatic carbocycles. The Labute approximate surface area is 457 Å². The maximum Gasteiger partial charge on any atom is 0.0706 e. The molecule has 4 aliphatic heterocycles. The highest BCUT2D eigenvalue weighted by molar-refractivity contribution is 14.1. The van der Waals surface area contributed by atoms with Crippen molar-refractivity contribution in [2.75, 3.05) is 0 Å². The van der Waals surface area contributed by atoms with E-state index in [1.807, 2.05) is 0 Å². The second-order valence-electron chi connectivity index (χ2n) is 17.2. The van der Waals surface area contributed by atoms with Gasteiger partial charge in [-0.15, -0.1) is 94.1 Å². The molecule has 60 heavy (non-hydrogen) atoms. The summed E-state index contributed by atoms with van der Waals surface area (Å²) in [5, 5.41) is 0. The number of rotatable bonds is 24. The van der Waals surface area contributed by atoms with Gasteiger partial charge in [-0.25, -0.2) is 0 Å². The number of hydrogen-bond donors (Lipinski definition) is 0. The molecular weight excluding hydrogens is 1340 g/mol. The lowest BCUT2D eigenvalue weighted by atomic mass is 10.1. The fraction of sp³-hybridized carbons (Fsp3) is 0.750. The van der Waals surface area contributed by atoms with Crippen LogP contribution in [-0.2, 0) is 0 Å². The first kappa shape index (κ1) is 55.1. The normalized spacial score (nSPS) is 18.6. The highest BCUT2D eigenvalue weighted by atomic mass is 127. The van der Waals surface area contributed by atoms with Crippen molar-refractivity contribution in [1.29, 1.82) is 0 Å². The third-order valence-electron chi connectivity index (χ3n) is 12.0. The lowest BCUT2D eigenvalue weighted by Crippen LogP contribution is -2.17. The summed E-state index contributed by atoms with van der Waals surface area (Å²) < 4.78 is 7.77. The largest absolute Gasteiger partial charge is 0.106 e. The van der Waals surface area contributed by atoms with Crippen LogP contribution < -0.4 is 0 Å². The lowest BCUT2D eigenvalue weighted by Gasteiger charge is -2.28. The maximum atomic E-state index is 2.70. The molecular formula is C48H72I4S8. The molecule has 6 rings (SSSR count). The van der Waals surface area contributed by atoms with Crippen LogP contribution in [0.5, 0.6) is 0 Å². The monoisotopic (exact) mass is 1410 g/mol. The maximum absolute atomic E-state index is 2.70. The average molecular weight is 1410 g/mol. The Bertz CT molecular complexity index is 1360. The molecule has 0 atom stereocenters. The standard InChI is InChI=1S/2C24H36I2S4/c2*1-5-9-13-23(14-10-6-2)27-19-17(25)21-22(18(26)20(19)28-23)30-24(29-21,15-11-7-3)16-12-8-4/h2*5-16H2,1-4H3. The van der Waals surface area contributed by atoms with Gasteiger partial charge in [-0.2, -0.15) is 0 Å². The highest BCUT2D eigenvalue weighted by Crippen LogP contribution is 2.71. The Morgan fingerprint density at radius 2 is 0.367 bits per heavy atom. The summed E-state index contributed by atoms with van der Waals surface area (Å²) in [5.41, 5.74) is 0. The lowest BCUT2D eigenvalue weighted by molar-refractivity contribution is 0.586. The number of hydrogen-bond acceptors (Lipinski definition) is 8. The van der Waals surface area contributed by atoms with Crippen LogP contribution in [0.4, 0.5) is 0 Å². The van der Waals surface area contributed by atoms with Gasteiger partial charge in [-0.1, -0.05) is 158 Å². The summed E-state index contributed by atoms with van der Waals surface area (Å²) in [5.74, 6) is 0. The van der Waals surface area contributed by atoms with Gasteiger partial charge in [0.2, 0.25) is 0 Å². The molecule has 0 aliphatic carbocycles. The molecule has 4 heterocycles. The Balaban J connectivity index is 0.000000228. The van der Waals surface area contributed by atoms with Gasteiger partial charge < -0.3 is 0 Å². The molecule has 0 aromatic heterocycles. The zero-order valence-corrected chi connectivity index (χ0v) is 52.9. The minimum atomic E-state index is 0.375. The van der Waals surface area contributed by atoms with Crippen LogP contribution in [0.25, 0.3) is 0 Å². The van der Waals surface area contributed by atoms with E-state index in [1.165, 1.54) is 154 Å². The van der Waals surface area contributed by atoms with Crippen LogP contribution in [0.15, 0.2) is 39.2 Å². The Morgan fingerprint density at radius 1 is 0.250 bits per heavy atom. The predicted octanol–water partition coefficient (Wildman–Crippen LogP) is 22.9. The molecule has 12 heteroatoms. The first-order valence-corrected chi connectivity index (χ1v) is 34.4. The van der Waals surface area contributed by atoms with Crippen LogP contribution in [0, 0.1) is 14.3 Å². The van der Waals surface area contributed by atoms with E-state index in [0.29, 0.717) is 16.3 Å². The summed E-state index contributed by atoms with van der Waals surface area (Å²) in [6.45, 7) is 18.7. The number of benzene rings is 2. The van der Waals surface area contributed by atoms with Crippen molar-refractivity contribution in [2.24, 2.45) is 0 Å². The Morgan fingerprint density at radius 3 is 0.467 bits per heavy atom. The van der Waals surface area contributed by atoms with E-state index >= 15 is 0 Å². The van der Waals surface area contributed by atoms with Gasteiger partial charge in [-0.3, -0.25) is 0 Å². The van der Waals surface area contributed by atoms with E-state index < -0.39 is 0 Å². The smallest absolute Gasteiger partial charge is 0.0706 e. The Hall–Kier alpha value is 4.16. The molecule has 0 bridgehead atoms. The minimum absolute atomic E-state index is 0.375. The van der Waals surface area contributed by atoms with Crippen LogP contribution in [0.3, 0.4) is 0 Å². The molecule has 0 nitrogen and oxygen atoms in total. The minimum Gasteiger partial charge on any atom is -0.106 e. The van der Waals surface area contributed by atoms with Crippen LogP contribution in [-0.4, -0.2) is 16.3 Å². The SMILES string of the molecule is CCCCC1(CCCC)Sc2c(I)c3c(c(I)c2S1)SC(CCCC)(CCCC)S3.CCCCC1(CCCC)Sc2c(I)c3c(c(I)c2S1)SC(CCCC)(CCCC)S3. The van der Waals surface area contributed by atoms with Crippen molar-refractivity contribution < 1.29 is 0 Å².